The molecule has 0 aliphatic carbocycles. The molecule has 3 rings (SSSR count). The van der Waals surface area contributed by atoms with Crippen LogP contribution in [-0.2, 0) is 42.7 Å². The molecule has 2 unspecified atom stereocenters. The third-order valence-corrected chi connectivity index (χ3v) is 12.3. The molecule has 0 spiro atoms. The Balaban J connectivity index is 2.22. The number of likely N-dealkylation sites (N-methyl/N-ethyl adjacent to an activating group) is 1. The minimum Gasteiger partial charge on any atom is -0.459 e. The Bertz CT molecular complexity index is 1190. The fraction of sp³-hybridized carbons (Fsp3) is 0.947. The number of ether oxygens (including phenoxy) is 7. The number of rotatable bonds is 8. The van der Waals surface area contributed by atoms with Crippen molar-refractivity contribution < 1.29 is 63.2 Å². The third kappa shape index (κ3) is 9.38. The van der Waals surface area contributed by atoms with E-state index in [4.69, 9.17) is 33.2 Å². The van der Waals surface area contributed by atoms with Crippen LogP contribution in [0, 0.1) is 23.7 Å². The van der Waals surface area contributed by atoms with Gasteiger partial charge >= 0.3 is 5.97 Å². The van der Waals surface area contributed by atoms with Crippen LogP contribution < -0.4 is 0 Å². The first kappa shape index (κ1) is 45.1. The normalized spacial score (nSPS) is 49.0. The maximum atomic E-state index is 14.2. The summed E-state index contributed by atoms with van der Waals surface area (Å²) in [5.74, 6) is -4.47. The second-order valence-electron chi connectivity index (χ2n) is 16.6. The number of aliphatic hydroxyl groups excluding tert-OH is 3. The molecule has 0 aromatic carbocycles. The summed E-state index contributed by atoms with van der Waals surface area (Å²) < 4.78 is 43.9. The number of cyclic esters (lactones) is 1. The van der Waals surface area contributed by atoms with E-state index in [1.54, 1.807) is 48.5 Å². The first-order valence-electron chi connectivity index (χ1n) is 18.9. The van der Waals surface area contributed by atoms with E-state index in [2.05, 4.69) is 0 Å². The average Bonchev–Trinajstić information content (AvgIpc) is 3.09. The predicted molar refractivity (Wildman–Crippen MR) is 191 cm³/mol. The Kier molecular flexibility index (Phi) is 15.3. The molecule has 3 heterocycles. The fourth-order valence-corrected chi connectivity index (χ4v) is 8.58. The molecule has 18 atom stereocenters. The van der Waals surface area contributed by atoms with Crippen LogP contribution in [0.15, 0.2) is 0 Å². The Labute approximate surface area is 310 Å². The van der Waals surface area contributed by atoms with Crippen LogP contribution in [0.2, 0.25) is 0 Å². The number of methoxy groups -OCH3 is 2. The van der Waals surface area contributed by atoms with Gasteiger partial charge < -0.3 is 58.5 Å². The monoisotopic (exact) mass is 747 g/mol. The van der Waals surface area contributed by atoms with Gasteiger partial charge in [0, 0.05) is 44.4 Å². The van der Waals surface area contributed by atoms with Crippen LogP contribution in [-0.4, -0.2) is 150 Å². The van der Waals surface area contributed by atoms with Gasteiger partial charge in [-0.3, -0.25) is 9.59 Å². The topological polar surface area (TPSA) is 183 Å². The smallest absolute Gasteiger partial charge is 0.311 e. The third-order valence-electron chi connectivity index (χ3n) is 12.3. The highest BCUT2D eigenvalue weighted by Crippen LogP contribution is 2.41. The highest BCUT2D eigenvalue weighted by molar-refractivity contribution is 5.83. The van der Waals surface area contributed by atoms with E-state index in [0.29, 0.717) is 6.42 Å². The van der Waals surface area contributed by atoms with Crippen molar-refractivity contribution in [3.8, 4) is 0 Å². The minimum atomic E-state index is -1.96. The van der Waals surface area contributed by atoms with E-state index in [-0.39, 0.29) is 37.2 Å². The summed E-state index contributed by atoms with van der Waals surface area (Å²) in [5.41, 5.74) is -4.24. The standard InChI is InChI=1S/C38H69NO13/c1-15-26-38(10,45)31(42)21(4)28(40)19(2)17-37(9,47-14)33(52-35-29(41)25(39(11)12)16-20(3)48-35)22(5)30(23(6)34(44)50-26)51-27-18-36(8,46-13)32(43)24(7)49-27/h19-27,29-33,35,41-43,45H,15-18H2,1-14H3/t19-,20-,21+,22+,23-,24+,25+,26-,27?,29-,30+,31-,32+,33-,35?,36-,37+,38-/m1/s1. The van der Waals surface area contributed by atoms with Gasteiger partial charge in [0.2, 0.25) is 0 Å². The molecular formula is C38H69NO13. The highest BCUT2D eigenvalue weighted by atomic mass is 16.7. The fourth-order valence-electron chi connectivity index (χ4n) is 8.58. The zero-order chi connectivity index (χ0) is 39.7. The van der Waals surface area contributed by atoms with E-state index >= 15 is 0 Å². The molecule has 304 valence electrons. The molecule has 3 aliphatic rings. The molecule has 3 fully saturated rings. The van der Waals surface area contributed by atoms with E-state index in [1.807, 2.05) is 32.8 Å². The average molecular weight is 748 g/mol. The summed E-state index contributed by atoms with van der Waals surface area (Å²) in [4.78, 5) is 30.1. The van der Waals surface area contributed by atoms with Crippen molar-refractivity contribution in [2.24, 2.45) is 23.7 Å². The van der Waals surface area contributed by atoms with Gasteiger partial charge in [0.15, 0.2) is 12.6 Å². The largest absolute Gasteiger partial charge is 0.459 e. The van der Waals surface area contributed by atoms with Crippen molar-refractivity contribution in [3.63, 3.8) is 0 Å². The Morgan fingerprint density at radius 1 is 0.846 bits per heavy atom. The summed E-state index contributed by atoms with van der Waals surface area (Å²) in [6, 6.07) is -0.283. The zero-order valence-electron chi connectivity index (χ0n) is 33.9. The molecule has 14 heteroatoms. The number of hydrogen-bond acceptors (Lipinski definition) is 14. The SMILES string of the molecule is CC[C@H]1OC(=O)[C@H](C)[C@@H](OC2C[C@@](C)(OC)[C@@H](O)[C@H](C)O2)[C@H](C)[C@@H](OC2O[C@H](C)C[C@H](N(C)C)[C@H]2O)[C@@](C)(OC)C[C@@H](C)C(=O)[C@H](C)[C@@H](O)[C@]1(C)O. The minimum absolute atomic E-state index is 0.111. The molecular weight excluding hydrogens is 678 g/mol. The number of Topliss-reactive ketones (excluding diaryl/α,β-unsaturated/α-hetero) is 1. The molecule has 0 bridgehead atoms. The van der Waals surface area contributed by atoms with Gasteiger partial charge in [0.25, 0.3) is 0 Å². The van der Waals surface area contributed by atoms with Crippen molar-refractivity contribution >= 4 is 11.8 Å². The summed E-state index contributed by atoms with van der Waals surface area (Å²) >= 11 is 0. The number of ketones is 1. The molecule has 4 N–H and O–H groups in total. The van der Waals surface area contributed by atoms with Crippen molar-refractivity contribution in [3.05, 3.63) is 0 Å². The van der Waals surface area contributed by atoms with Gasteiger partial charge in [0.05, 0.1) is 47.6 Å². The maximum Gasteiger partial charge on any atom is 0.311 e. The van der Waals surface area contributed by atoms with Crippen LogP contribution in [0.3, 0.4) is 0 Å². The van der Waals surface area contributed by atoms with E-state index in [9.17, 15) is 30.0 Å². The molecule has 0 radical (unpaired) electrons. The molecule has 0 saturated carbocycles. The zero-order valence-corrected chi connectivity index (χ0v) is 33.9. The van der Waals surface area contributed by atoms with Gasteiger partial charge in [-0.15, -0.1) is 0 Å². The van der Waals surface area contributed by atoms with Crippen LogP contribution in [0.5, 0.6) is 0 Å². The highest BCUT2D eigenvalue weighted by Gasteiger charge is 2.54. The second kappa shape index (κ2) is 17.7. The number of aliphatic hydroxyl groups is 4. The van der Waals surface area contributed by atoms with Crippen molar-refractivity contribution in [2.75, 3.05) is 28.3 Å². The van der Waals surface area contributed by atoms with Gasteiger partial charge in [-0.2, -0.15) is 0 Å². The summed E-state index contributed by atoms with van der Waals surface area (Å²) in [7, 11) is 6.77. The quantitative estimate of drug-likeness (QED) is 0.266. The number of carbonyl (C=O) groups excluding carboxylic acids is 2. The second-order valence-corrected chi connectivity index (χ2v) is 16.6. The van der Waals surface area contributed by atoms with Crippen LogP contribution >= 0.6 is 0 Å². The number of carbonyl (C=O) groups is 2. The number of esters is 1. The molecule has 0 amide bonds. The molecule has 0 aromatic heterocycles. The van der Waals surface area contributed by atoms with E-state index in [1.165, 1.54) is 21.1 Å². The predicted octanol–water partition coefficient (Wildman–Crippen LogP) is 2.44. The van der Waals surface area contributed by atoms with Crippen LogP contribution in [0.1, 0.15) is 94.9 Å². The van der Waals surface area contributed by atoms with Gasteiger partial charge in [-0.25, -0.2) is 0 Å². The Hall–Kier alpha value is -1.30. The lowest BCUT2D eigenvalue weighted by molar-refractivity contribution is -0.319. The van der Waals surface area contributed by atoms with Crippen molar-refractivity contribution in [1.82, 2.24) is 4.90 Å². The van der Waals surface area contributed by atoms with Crippen LogP contribution in [0.4, 0.5) is 0 Å². The Morgan fingerprint density at radius 3 is 1.98 bits per heavy atom. The first-order valence-corrected chi connectivity index (χ1v) is 18.9. The summed E-state index contributed by atoms with van der Waals surface area (Å²) in [6.07, 6.45) is -8.73. The molecule has 3 aliphatic heterocycles. The van der Waals surface area contributed by atoms with Gasteiger partial charge in [-0.1, -0.05) is 27.7 Å². The maximum absolute atomic E-state index is 14.2. The molecule has 3 saturated heterocycles. The Morgan fingerprint density at radius 2 is 1.44 bits per heavy atom. The number of hydrogen-bond donors (Lipinski definition) is 4. The van der Waals surface area contributed by atoms with Crippen LogP contribution in [0.25, 0.3) is 0 Å². The van der Waals surface area contributed by atoms with Gasteiger partial charge in [0.1, 0.15) is 29.7 Å². The van der Waals surface area contributed by atoms with Gasteiger partial charge in [-0.05, 0) is 74.9 Å². The molecule has 0 aromatic rings. The molecule has 14 nitrogen and oxygen atoms in total. The summed E-state index contributed by atoms with van der Waals surface area (Å²) in [6.45, 7) is 17.1. The molecule has 52 heavy (non-hydrogen) atoms. The lowest BCUT2D eigenvalue weighted by atomic mass is 9.74. The first-order chi connectivity index (χ1) is 24.0. The van der Waals surface area contributed by atoms with E-state index in [0.717, 1.165) is 0 Å². The van der Waals surface area contributed by atoms with E-state index < -0.39 is 102 Å². The lowest BCUT2D eigenvalue weighted by Crippen LogP contribution is -2.61. The van der Waals surface area contributed by atoms with Crippen molar-refractivity contribution in [2.45, 2.75) is 179 Å². The number of nitrogens with zero attached hydrogens (tertiary/aromatic N) is 1. The summed E-state index contributed by atoms with van der Waals surface area (Å²) in [5, 5.41) is 45.6. The van der Waals surface area contributed by atoms with Crippen molar-refractivity contribution in [1.29, 1.82) is 0 Å². The lowest BCUT2D eigenvalue weighted by Gasteiger charge is -2.50.